The number of nitrogens with one attached hydrogen (secondary N) is 1. The second-order valence-corrected chi connectivity index (χ2v) is 3.80. The van der Waals surface area contributed by atoms with Gasteiger partial charge in [-0.05, 0) is 12.5 Å². The van der Waals surface area contributed by atoms with Crippen LogP contribution in [-0.4, -0.2) is 28.7 Å². The third-order valence-corrected chi connectivity index (χ3v) is 2.77. The molecule has 0 spiro atoms. The molecule has 3 amide bonds. The Kier molecular flexibility index (Phi) is 2.40. The minimum atomic E-state index is -1.08. The largest absolute Gasteiger partial charge is 0.376 e. The van der Waals surface area contributed by atoms with Crippen LogP contribution in [0.4, 0.5) is 4.79 Å². The van der Waals surface area contributed by atoms with E-state index in [1.165, 1.54) is 0 Å². The van der Waals surface area contributed by atoms with Gasteiger partial charge in [0.2, 0.25) is 0 Å². The van der Waals surface area contributed by atoms with Crippen molar-refractivity contribution in [2.75, 3.05) is 6.73 Å². The summed E-state index contributed by atoms with van der Waals surface area (Å²) in [5.41, 5.74) is -0.384. The normalized spacial score (nSPS) is 24.8. The molecule has 1 saturated heterocycles. The average molecular weight is 220 g/mol. The van der Waals surface area contributed by atoms with Gasteiger partial charge in [-0.15, -0.1) is 0 Å². The van der Waals surface area contributed by atoms with Gasteiger partial charge in [0.25, 0.3) is 5.91 Å². The Morgan fingerprint density at radius 3 is 2.44 bits per heavy atom. The van der Waals surface area contributed by atoms with Crippen LogP contribution in [0.1, 0.15) is 12.5 Å². The summed E-state index contributed by atoms with van der Waals surface area (Å²) in [6, 6.07) is 8.37. The Balaban J connectivity index is 2.42. The van der Waals surface area contributed by atoms with E-state index in [2.05, 4.69) is 5.32 Å². The highest BCUT2D eigenvalue weighted by Crippen LogP contribution is 2.27. The highest BCUT2D eigenvalue weighted by Gasteiger charge is 2.48. The Morgan fingerprint density at radius 1 is 1.31 bits per heavy atom. The molecular formula is C11H12N2O3. The SMILES string of the molecule is CC1(c2ccccc2)NC(=O)N(CO)C1=O. The lowest BCUT2D eigenvalue weighted by Gasteiger charge is -2.21. The van der Waals surface area contributed by atoms with Crippen LogP contribution in [0.15, 0.2) is 30.3 Å². The van der Waals surface area contributed by atoms with Gasteiger partial charge in [-0.2, -0.15) is 0 Å². The molecule has 1 aliphatic heterocycles. The van der Waals surface area contributed by atoms with E-state index >= 15 is 0 Å². The minimum Gasteiger partial charge on any atom is -0.376 e. The lowest BCUT2D eigenvalue weighted by Crippen LogP contribution is -2.40. The van der Waals surface area contributed by atoms with Crippen LogP contribution < -0.4 is 5.32 Å². The van der Waals surface area contributed by atoms with Crippen molar-refractivity contribution in [2.45, 2.75) is 12.5 Å². The maximum atomic E-state index is 12.0. The van der Waals surface area contributed by atoms with Crippen LogP contribution in [0.2, 0.25) is 0 Å². The van der Waals surface area contributed by atoms with Gasteiger partial charge in [0.05, 0.1) is 0 Å². The number of nitrogens with zero attached hydrogens (tertiary/aromatic N) is 1. The van der Waals surface area contributed by atoms with E-state index in [1.807, 2.05) is 6.07 Å². The summed E-state index contributed by atoms with van der Waals surface area (Å²) in [6.07, 6.45) is 0. The van der Waals surface area contributed by atoms with Crippen LogP contribution in [-0.2, 0) is 10.3 Å². The van der Waals surface area contributed by atoms with Gasteiger partial charge in [0.1, 0.15) is 12.3 Å². The molecule has 1 fully saturated rings. The van der Waals surface area contributed by atoms with Crippen LogP contribution in [0.25, 0.3) is 0 Å². The Bertz CT molecular complexity index is 432. The molecule has 1 aromatic rings. The predicted molar refractivity (Wildman–Crippen MR) is 56.3 cm³/mol. The molecule has 1 aliphatic rings. The first-order chi connectivity index (χ1) is 7.59. The van der Waals surface area contributed by atoms with Crippen molar-refractivity contribution in [2.24, 2.45) is 0 Å². The zero-order valence-electron chi connectivity index (χ0n) is 8.80. The molecule has 1 heterocycles. The number of hydrogen-bond donors (Lipinski definition) is 2. The summed E-state index contributed by atoms with van der Waals surface area (Å²) in [5.74, 6) is -0.439. The number of aliphatic hydroxyl groups is 1. The molecule has 5 nitrogen and oxygen atoms in total. The van der Waals surface area contributed by atoms with E-state index in [-0.39, 0.29) is 0 Å². The number of rotatable bonds is 2. The van der Waals surface area contributed by atoms with E-state index in [4.69, 9.17) is 5.11 Å². The van der Waals surface area contributed by atoms with Crippen molar-refractivity contribution in [1.29, 1.82) is 0 Å². The smallest absolute Gasteiger partial charge is 0.327 e. The zero-order chi connectivity index (χ0) is 11.8. The molecule has 16 heavy (non-hydrogen) atoms. The monoisotopic (exact) mass is 220 g/mol. The molecule has 1 aromatic carbocycles. The summed E-state index contributed by atoms with van der Waals surface area (Å²) in [4.78, 5) is 24.2. The van der Waals surface area contributed by atoms with Crippen LogP contribution in [0.5, 0.6) is 0 Å². The van der Waals surface area contributed by atoms with Crippen molar-refractivity contribution >= 4 is 11.9 Å². The number of urea groups is 1. The first-order valence-electron chi connectivity index (χ1n) is 4.90. The topological polar surface area (TPSA) is 69.6 Å². The van der Waals surface area contributed by atoms with E-state index in [0.717, 1.165) is 4.90 Å². The summed E-state index contributed by atoms with van der Waals surface area (Å²) < 4.78 is 0. The molecule has 0 bridgehead atoms. The van der Waals surface area contributed by atoms with Crippen molar-refractivity contribution in [1.82, 2.24) is 10.2 Å². The maximum absolute atomic E-state index is 12.0. The number of carbonyl (C=O) groups is 2. The first-order valence-corrected chi connectivity index (χ1v) is 4.90. The molecule has 1 atom stereocenters. The number of imide groups is 1. The van der Waals surface area contributed by atoms with Crippen LogP contribution in [0, 0.1) is 0 Å². The second-order valence-electron chi connectivity index (χ2n) is 3.80. The maximum Gasteiger partial charge on any atom is 0.327 e. The highest BCUT2D eigenvalue weighted by atomic mass is 16.3. The fourth-order valence-corrected chi connectivity index (χ4v) is 1.79. The predicted octanol–water partition coefficient (Wildman–Crippen LogP) is 0.403. The van der Waals surface area contributed by atoms with E-state index in [0.29, 0.717) is 5.56 Å². The van der Waals surface area contributed by atoms with Gasteiger partial charge >= 0.3 is 6.03 Å². The third-order valence-electron chi connectivity index (χ3n) is 2.77. The fourth-order valence-electron chi connectivity index (χ4n) is 1.79. The van der Waals surface area contributed by atoms with Gasteiger partial charge < -0.3 is 10.4 Å². The average Bonchev–Trinajstić information content (AvgIpc) is 2.52. The van der Waals surface area contributed by atoms with Crippen LogP contribution >= 0.6 is 0 Å². The molecule has 0 saturated carbocycles. The summed E-state index contributed by atoms with van der Waals surface area (Å²) >= 11 is 0. The number of hydrogen-bond acceptors (Lipinski definition) is 3. The van der Waals surface area contributed by atoms with Crippen molar-refractivity contribution < 1.29 is 14.7 Å². The van der Waals surface area contributed by atoms with Crippen LogP contribution in [0.3, 0.4) is 0 Å². The summed E-state index contributed by atoms with van der Waals surface area (Å²) in [5, 5.41) is 11.5. The van der Waals surface area contributed by atoms with Crippen molar-refractivity contribution in [3.8, 4) is 0 Å². The number of carbonyl (C=O) groups excluding carboxylic acids is 2. The molecule has 2 rings (SSSR count). The first kappa shape index (κ1) is 10.6. The van der Waals surface area contributed by atoms with Gasteiger partial charge in [-0.25, -0.2) is 9.69 Å². The number of amides is 3. The number of benzene rings is 1. The fraction of sp³-hybridized carbons (Fsp3) is 0.273. The molecule has 0 aromatic heterocycles. The third kappa shape index (κ3) is 1.37. The molecule has 84 valence electrons. The quantitative estimate of drug-likeness (QED) is 0.709. The summed E-state index contributed by atoms with van der Waals surface area (Å²) in [6.45, 7) is 1.02. The minimum absolute atomic E-state index is 0.439. The molecule has 2 N–H and O–H groups in total. The van der Waals surface area contributed by atoms with E-state index in [9.17, 15) is 9.59 Å². The van der Waals surface area contributed by atoms with Gasteiger partial charge in [-0.3, -0.25) is 4.79 Å². The van der Waals surface area contributed by atoms with Crippen molar-refractivity contribution in [3.05, 3.63) is 35.9 Å². The molecule has 0 radical (unpaired) electrons. The van der Waals surface area contributed by atoms with Gasteiger partial charge in [0.15, 0.2) is 0 Å². The van der Waals surface area contributed by atoms with Gasteiger partial charge in [-0.1, -0.05) is 30.3 Å². The molecular weight excluding hydrogens is 208 g/mol. The molecule has 1 unspecified atom stereocenters. The van der Waals surface area contributed by atoms with Crippen molar-refractivity contribution in [3.63, 3.8) is 0 Å². The Morgan fingerprint density at radius 2 is 1.94 bits per heavy atom. The molecule has 5 heteroatoms. The zero-order valence-corrected chi connectivity index (χ0v) is 8.80. The Labute approximate surface area is 92.7 Å². The number of aliphatic hydroxyl groups excluding tert-OH is 1. The summed E-state index contributed by atoms with van der Waals surface area (Å²) in [7, 11) is 0. The van der Waals surface area contributed by atoms with Gasteiger partial charge in [0, 0.05) is 0 Å². The lowest BCUT2D eigenvalue weighted by atomic mass is 9.92. The standard InChI is InChI=1S/C11H12N2O3/c1-11(8-5-3-2-4-6-8)9(15)13(7-14)10(16)12-11/h2-6,14H,7H2,1H3,(H,12,16). The lowest BCUT2D eigenvalue weighted by molar-refractivity contribution is -0.133. The molecule has 0 aliphatic carbocycles. The van der Waals surface area contributed by atoms with E-state index in [1.54, 1.807) is 31.2 Å². The second kappa shape index (κ2) is 3.61. The van der Waals surface area contributed by atoms with E-state index < -0.39 is 24.2 Å². The highest BCUT2D eigenvalue weighted by molar-refractivity contribution is 6.07. The Hall–Kier alpha value is -1.88.